The maximum Gasteiger partial charge on any atom is 0.338 e. The third kappa shape index (κ3) is 5.70. The lowest BCUT2D eigenvalue weighted by atomic mass is 9.83. The molecule has 7 rings (SSSR count). The number of thioether (sulfide) groups is 1. The van der Waals surface area contributed by atoms with E-state index in [0.717, 1.165) is 27.0 Å². The number of fused-ring (bicyclic) bond motifs is 3. The number of benzene rings is 4. The Balaban J connectivity index is 1.14. The average molecular weight is 666 g/mol. The van der Waals surface area contributed by atoms with E-state index in [0.29, 0.717) is 38.2 Å². The van der Waals surface area contributed by atoms with E-state index >= 15 is 0 Å². The maximum atomic E-state index is 14.1. The Morgan fingerprint density at radius 3 is 2.49 bits per heavy atom. The van der Waals surface area contributed by atoms with Crippen LogP contribution in [0.1, 0.15) is 33.6 Å². The number of hydrogen-bond acceptors (Lipinski definition) is 9. The van der Waals surface area contributed by atoms with E-state index in [9.17, 15) is 24.0 Å². The van der Waals surface area contributed by atoms with Crippen LogP contribution in [-0.4, -0.2) is 47.1 Å². The van der Waals surface area contributed by atoms with E-state index in [1.54, 1.807) is 37.3 Å². The first-order valence-corrected chi connectivity index (χ1v) is 16.6. The Morgan fingerprint density at radius 1 is 0.915 bits per heavy atom. The number of amides is 3. The van der Waals surface area contributed by atoms with Crippen LogP contribution < -0.4 is 19.8 Å². The fourth-order valence-corrected chi connectivity index (χ4v) is 8.57. The van der Waals surface area contributed by atoms with E-state index in [2.05, 4.69) is 10.3 Å². The Hall–Kier alpha value is -5.20. The molecule has 3 amide bonds. The molecule has 0 saturated carbocycles. The SMILES string of the molecule is CCOC(=O)c1ccc(N2C(=O)[C@H]3[C@H](c4cccc(OCC(=O)Nc5cccc6ccccc56)c4)c4sc(=O)[nH]c4S[C@H]3C2=O)cc1. The number of ether oxygens (including phenoxy) is 2. The van der Waals surface area contributed by atoms with Gasteiger partial charge >= 0.3 is 10.8 Å². The zero-order chi connectivity index (χ0) is 32.7. The van der Waals surface area contributed by atoms with Crippen molar-refractivity contribution < 1.29 is 28.7 Å². The van der Waals surface area contributed by atoms with Gasteiger partial charge in [-0.25, -0.2) is 9.69 Å². The number of aromatic amines is 1. The minimum atomic E-state index is -0.805. The highest BCUT2D eigenvalue weighted by Crippen LogP contribution is 2.53. The number of imide groups is 1. The Bertz CT molecular complexity index is 2100. The number of esters is 1. The maximum absolute atomic E-state index is 14.1. The molecular weight excluding hydrogens is 639 g/mol. The molecule has 5 aromatic rings. The summed E-state index contributed by atoms with van der Waals surface area (Å²) in [5.74, 6) is -2.67. The van der Waals surface area contributed by atoms with Crippen LogP contribution in [0.4, 0.5) is 11.4 Å². The molecule has 3 atom stereocenters. The molecular formula is C35H27N3O7S2. The van der Waals surface area contributed by atoms with Gasteiger partial charge in [-0.15, -0.1) is 0 Å². The lowest BCUT2D eigenvalue weighted by Gasteiger charge is -2.30. The standard InChI is InChI=1S/C35H27N3O7S2/c1-2-44-34(42)20-13-15-22(16-14-20)38-32(40)28-27(29-31(37-35(43)47-29)46-30(28)33(38)41)21-9-5-10-23(17-21)45-18-26(39)36-25-12-6-8-19-7-3-4-11-24(19)25/h3-17,27-28,30H,2,18H2,1H3,(H,36,39)(H,37,43)/t27-,28-,30+/m0/s1. The third-order valence-corrected chi connectivity index (χ3v) is 10.5. The molecule has 47 heavy (non-hydrogen) atoms. The molecule has 0 spiro atoms. The Morgan fingerprint density at radius 2 is 1.68 bits per heavy atom. The molecule has 1 saturated heterocycles. The summed E-state index contributed by atoms with van der Waals surface area (Å²) in [7, 11) is 0. The second-order valence-corrected chi connectivity index (χ2v) is 13.1. The van der Waals surface area contributed by atoms with E-state index < -0.39 is 34.9 Å². The summed E-state index contributed by atoms with van der Waals surface area (Å²) in [4.78, 5) is 69.7. The van der Waals surface area contributed by atoms with Crippen molar-refractivity contribution in [1.29, 1.82) is 0 Å². The molecule has 3 heterocycles. The summed E-state index contributed by atoms with van der Waals surface area (Å²) in [6.07, 6.45) is 0. The summed E-state index contributed by atoms with van der Waals surface area (Å²) in [6, 6.07) is 26.6. The smallest absolute Gasteiger partial charge is 0.338 e. The van der Waals surface area contributed by atoms with Gasteiger partial charge < -0.3 is 19.8 Å². The summed E-state index contributed by atoms with van der Waals surface area (Å²) < 4.78 is 10.9. The Labute approximate surface area is 276 Å². The van der Waals surface area contributed by atoms with Crippen molar-refractivity contribution in [3.8, 4) is 5.75 Å². The van der Waals surface area contributed by atoms with Crippen LogP contribution in [0.3, 0.4) is 0 Å². The minimum Gasteiger partial charge on any atom is -0.484 e. The molecule has 2 N–H and O–H groups in total. The van der Waals surface area contributed by atoms with E-state index in [1.165, 1.54) is 23.9 Å². The van der Waals surface area contributed by atoms with Crippen molar-refractivity contribution >= 4 is 68.9 Å². The highest BCUT2D eigenvalue weighted by Gasteiger charge is 2.56. The molecule has 1 fully saturated rings. The zero-order valence-corrected chi connectivity index (χ0v) is 26.6. The lowest BCUT2D eigenvalue weighted by Crippen LogP contribution is -2.32. The van der Waals surface area contributed by atoms with E-state index in [4.69, 9.17) is 9.47 Å². The van der Waals surface area contributed by atoms with Crippen LogP contribution >= 0.6 is 23.1 Å². The largest absolute Gasteiger partial charge is 0.484 e. The molecule has 2 aliphatic rings. The topological polar surface area (TPSA) is 135 Å². The lowest BCUT2D eigenvalue weighted by molar-refractivity contribution is -0.122. The van der Waals surface area contributed by atoms with Gasteiger partial charge in [0, 0.05) is 21.9 Å². The van der Waals surface area contributed by atoms with Crippen molar-refractivity contribution in [1.82, 2.24) is 4.98 Å². The first kappa shape index (κ1) is 30.5. The van der Waals surface area contributed by atoms with Gasteiger partial charge in [0.2, 0.25) is 11.8 Å². The van der Waals surface area contributed by atoms with Gasteiger partial charge in [0.15, 0.2) is 6.61 Å². The van der Waals surface area contributed by atoms with Gasteiger partial charge in [0.05, 0.1) is 28.8 Å². The summed E-state index contributed by atoms with van der Waals surface area (Å²) in [6.45, 7) is 1.68. The highest BCUT2D eigenvalue weighted by molar-refractivity contribution is 8.00. The summed E-state index contributed by atoms with van der Waals surface area (Å²) in [5.41, 5.74) is 2.00. The van der Waals surface area contributed by atoms with Crippen molar-refractivity contribution in [3.63, 3.8) is 0 Å². The Kier molecular flexibility index (Phi) is 8.12. The molecule has 0 unspecified atom stereocenters. The van der Waals surface area contributed by atoms with Crippen LogP contribution in [0.25, 0.3) is 10.8 Å². The van der Waals surface area contributed by atoms with Gasteiger partial charge in [0.25, 0.3) is 5.91 Å². The van der Waals surface area contributed by atoms with Crippen LogP contribution in [-0.2, 0) is 19.1 Å². The number of hydrogen-bond donors (Lipinski definition) is 2. The van der Waals surface area contributed by atoms with Gasteiger partial charge in [-0.1, -0.05) is 71.6 Å². The van der Waals surface area contributed by atoms with E-state index in [1.807, 2.05) is 48.5 Å². The second kappa shape index (κ2) is 12.5. The first-order chi connectivity index (χ1) is 22.8. The monoisotopic (exact) mass is 665 g/mol. The normalized spacial score (nSPS) is 18.5. The van der Waals surface area contributed by atoms with Gasteiger partial charge in [-0.05, 0) is 60.3 Å². The van der Waals surface area contributed by atoms with Crippen LogP contribution in [0.2, 0.25) is 0 Å². The summed E-state index contributed by atoms with van der Waals surface area (Å²) >= 11 is 2.18. The average Bonchev–Trinajstić information content (AvgIpc) is 3.58. The summed E-state index contributed by atoms with van der Waals surface area (Å²) in [5, 5.41) is 4.59. The molecule has 12 heteroatoms. The quantitative estimate of drug-likeness (QED) is 0.162. The van der Waals surface area contributed by atoms with Crippen LogP contribution in [0.15, 0.2) is 101 Å². The third-order valence-electron chi connectivity index (χ3n) is 8.11. The van der Waals surface area contributed by atoms with Crippen LogP contribution in [0.5, 0.6) is 5.75 Å². The van der Waals surface area contributed by atoms with Gasteiger partial charge in [0.1, 0.15) is 11.0 Å². The number of H-pyrrole nitrogens is 1. The molecule has 0 bridgehead atoms. The van der Waals surface area contributed by atoms with Gasteiger partial charge in [-0.3, -0.25) is 19.2 Å². The van der Waals surface area contributed by atoms with Crippen molar-refractivity contribution in [3.05, 3.63) is 117 Å². The molecule has 2 aliphatic heterocycles. The number of nitrogens with zero attached hydrogens (tertiary/aromatic N) is 1. The predicted octanol–water partition coefficient (Wildman–Crippen LogP) is 5.58. The van der Waals surface area contributed by atoms with Gasteiger partial charge in [-0.2, -0.15) is 0 Å². The molecule has 0 radical (unpaired) electrons. The minimum absolute atomic E-state index is 0.225. The van der Waals surface area contributed by atoms with E-state index in [-0.39, 0.29) is 24.0 Å². The predicted molar refractivity (Wildman–Crippen MR) is 179 cm³/mol. The zero-order valence-electron chi connectivity index (χ0n) is 24.9. The number of carbonyl (C=O) groups excluding carboxylic acids is 4. The van der Waals surface area contributed by atoms with Crippen molar-refractivity contribution in [2.75, 3.05) is 23.4 Å². The molecule has 10 nitrogen and oxygen atoms in total. The van der Waals surface area contributed by atoms with Crippen LogP contribution in [0, 0.1) is 5.92 Å². The second-order valence-electron chi connectivity index (χ2n) is 11.0. The number of anilines is 2. The number of thiazole rings is 1. The number of rotatable bonds is 8. The molecule has 0 aliphatic carbocycles. The molecule has 236 valence electrons. The van der Waals surface area contributed by atoms with Crippen molar-refractivity contribution in [2.45, 2.75) is 23.1 Å². The number of aromatic nitrogens is 1. The van der Waals surface area contributed by atoms with Crippen molar-refractivity contribution in [2.24, 2.45) is 5.92 Å². The molecule has 4 aromatic carbocycles. The fourth-order valence-electron chi connectivity index (χ4n) is 6.06. The highest BCUT2D eigenvalue weighted by atomic mass is 32.2. The fraction of sp³-hybridized carbons (Fsp3) is 0.171. The first-order valence-electron chi connectivity index (χ1n) is 14.9. The number of nitrogens with one attached hydrogen (secondary N) is 2. The molecule has 1 aromatic heterocycles. The number of carbonyl (C=O) groups is 4.